The Bertz CT molecular complexity index is 306. The molecule has 3 heteroatoms. The SMILES string of the molecule is COC(=O)CC(Br)c1ccc(C)cc1. The zero-order chi connectivity index (χ0) is 10.6. The lowest BCUT2D eigenvalue weighted by atomic mass is 10.1. The molecule has 0 N–H and O–H groups in total. The highest BCUT2D eigenvalue weighted by Gasteiger charge is 2.12. The lowest BCUT2D eigenvalue weighted by molar-refractivity contribution is -0.140. The molecule has 0 aliphatic heterocycles. The lowest BCUT2D eigenvalue weighted by Gasteiger charge is -2.08. The van der Waals surface area contributed by atoms with Crippen LogP contribution in [-0.2, 0) is 9.53 Å². The van der Waals surface area contributed by atoms with Gasteiger partial charge in [-0.1, -0.05) is 45.8 Å². The summed E-state index contributed by atoms with van der Waals surface area (Å²) in [4.78, 5) is 11.0. The number of carbonyl (C=O) groups is 1. The molecule has 1 aromatic carbocycles. The van der Waals surface area contributed by atoms with Crippen LogP contribution >= 0.6 is 15.9 Å². The summed E-state index contributed by atoms with van der Waals surface area (Å²) in [7, 11) is 1.40. The van der Waals surface area contributed by atoms with E-state index < -0.39 is 0 Å². The van der Waals surface area contributed by atoms with E-state index in [0.29, 0.717) is 6.42 Å². The number of aryl methyl sites for hydroxylation is 1. The predicted octanol–water partition coefficient (Wildman–Crippen LogP) is 2.99. The largest absolute Gasteiger partial charge is 0.469 e. The van der Waals surface area contributed by atoms with Gasteiger partial charge >= 0.3 is 5.97 Å². The Balaban J connectivity index is 2.65. The molecule has 0 saturated heterocycles. The van der Waals surface area contributed by atoms with Crippen molar-refractivity contribution in [1.82, 2.24) is 0 Å². The Morgan fingerprint density at radius 3 is 2.50 bits per heavy atom. The molecule has 1 rings (SSSR count). The molecule has 76 valence electrons. The van der Waals surface area contributed by atoms with Crippen LogP contribution in [0.2, 0.25) is 0 Å². The van der Waals surface area contributed by atoms with Crippen LogP contribution in [0.3, 0.4) is 0 Å². The number of halogens is 1. The smallest absolute Gasteiger partial charge is 0.306 e. The molecule has 0 spiro atoms. The maximum Gasteiger partial charge on any atom is 0.306 e. The molecule has 0 heterocycles. The van der Waals surface area contributed by atoms with E-state index in [4.69, 9.17) is 0 Å². The summed E-state index contributed by atoms with van der Waals surface area (Å²) in [6.07, 6.45) is 0.361. The third kappa shape index (κ3) is 3.14. The fourth-order valence-electron chi connectivity index (χ4n) is 1.12. The second-order valence-electron chi connectivity index (χ2n) is 3.16. The fraction of sp³-hybridized carbons (Fsp3) is 0.364. The first-order chi connectivity index (χ1) is 6.63. The van der Waals surface area contributed by atoms with Crippen LogP contribution in [0.15, 0.2) is 24.3 Å². The van der Waals surface area contributed by atoms with Gasteiger partial charge in [0.25, 0.3) is 0 Å². The Morgan fingerprint density at radius 1 is 1.43 bits per heavy atom. The Morgan fingerprint density at radius 2 is 2.00 bits per heavy atom. The normalized spacial score (nSPS) is 12.2. The number of alkyl halides is 1. The molecule has 0 amide bonds. The van der Waals surface area contributed by atoms with Crippen LogP contribution in [0.25, 0.3) is 0 Å². The molecule has 0 aromatic heterocycles. The Hall–Kier alpha value is -0.830. The number of methoxy groups -OCH3 is 1. The number of hydrogen-bond donors (Lipinski definition) is 0. The summed E-state index contributed by atoms with van der Waals surface area (Å²) in [6, 6.07) is 8.08. The maximum absolute atomic E-state index is 11.0. The molecule has 0 fully saturated rings. The Kier molecular flexibility index (Phi) is 4.14. The summed E-state index contributed by atoms with van der Waals surface area (Å²) >= 11 is 3.45. The van der Waals surface area contributed by atoms with Crippen molar-refractivity contribution in [2.24, 2.45) is 0 Å². The zero-order valence-corrected chi connectivity index (χ0v) is 9.87. The monoisotopic (exact) mass is 256 g/mol. The van der Waals surface area contributed by atoms with Gasteiger partial charge < -0.3 is 4.74 Å². The highest BCUT2D eigenvalue weighted by molar-refractivity contribution is 9.09. The van der Waals surface area contributed by atoms with Gasteiger partial charge in [-0.2, -0.15) is 0 Å². The van der Waals surface area contributed by atoms with Crippen molar-refractivity contribution in [2.75, 3.05) is 7.11 Å². The van der Waals surface area contributed by atoms with Gasteiger partial charge in [0.05, 0.1) is 13.5 Å². The number of benzene rings is 1. The number of hydrogen-bond acceptors (Lipinski definition) is 2. The number of ether oxygens (including phenoxy) is 1. The molecule has 0 radical (unpaired) electrons. The first kappa shape index (κ1) is 11.2. The van der Waals surface area contributed by atoms with Crippen LogP contribution < -0.4 is 0 Å². The first-order valence-electron chi connectivity index (χ1n) is 4.41. The summed E-state index contributed by atoms with van der Waals surface area (Å²) in [5, 5.41) is 0. The molecular weight excluding hydrogens is 244 g/mol. The van der Waals surface area contributed by atoms with Crippen molar-refractivity contribution < 1.29 is 9.53 Å². The van der Waals surface area contributed by atoms with E-state index in [2.05, 4.69) is 20.7 Å². The van der Waals surface area contributed by atoms with Crippen molar-refractivity contribution in [3.8, 4) is 0 Å². The predicted molar refractivity (Wildman–Crippen MR) is 59.5 cm³/mol. The fourth-order valence-corrected chi connectivity index (χ4v) is 1.69. The summed E-state index contributed by atoms with van der Waals surface area (Å²) < 4.78 is 4.60. The van der Waals surface area contributed by atoms with Gasteiger partial charge in [-0.15, -0.1) is 0 Å². The van der Waals surface area contributed by atoms with Gasteiger partial charge in [-0.05, 0) is 12.5 Å². The quantitative estimate of drug-likeness (QED) is 0.614. The Labute approximate surface area is 92.4 Å². The minimum Gasteiger partial charge on any atom is -0.469 e. The molecule has 0 aliphatic rings. The van der Waals surface area contributed by atoms with Gasteiger partial charge in [0.15, 0.2) is 0 Å². The van der Waals surface area contributed by atoms with Crippen LogP contribution in [-0.4, -0.2) is 13.1 Å². The average molecular weight is 257 g/mol. The average Bonchev–Trinajstić information content (AvgIpc) is 2.18. The molecule has 2 nitrogen and oxygen atoms in total. The van der Waals surface area contributed by atoms with E-state index in [0.717, 1.165) is 5.56 Å². The zero-order valence-electron chi connectivity index (χ0n) is 8.29. The van der Waals surface area contributed by atoms with Gasteiger partial charge in [0, 0.05) is 4.83 Å². The number of esters is 1. The number of rotatable bonds is 3. The lowest BCUT2D eigenvalue weighted by Crippen LogP contribution is -2.04. The molecule has 14 heavy (non-hydrogen) atoms. The summed E-state index contributed by atoms with van der Waals surface area (Å²) in [5.41, 5.74) is 2.31. The van der Waals surface area contributed by atoms with Gasteiger partial charge in [-0.25, -0.2) is 0 Å². The molecule has 1 unspecified atom stereocenters. The molecule has 0 saturated carbocycles. The van der Waals surface area contributed by atoms with E-state index >= 15 is 0 Å². The van der Waals surface area contributed by atoms with Crippen LogP contribution in [0.4, 0.5) is 0 Å². The summed E-state index contributed by atoms with van der Waals surface area (Å²) in [5.74, 6) is -0.201. The van der Waals surface area contributed by atoms with Crippen molar-refractivity contribution in [3.05, 3.63) is 35.4 Å². The second kappa shape index (κ2) is 5.15. The second-order valence-corrected chi connectivity index (χ2v) is 4.26. The van der Waals surface area contributed by atoms with E-state index in [-0.39, 0.29) is 10.8 Å². The minimum absolute atomic E-state index is 0.0375. The van der Waals surface area contributed by atoms with E-state index in [9.17, 15) is 4.79 Å². The molecule has 0 bridgehead atoms. The van der Waals surface area contributed by atoms with Gasteiger partial charge in [0.2, 0.25) is 0 Å². The first-order valence-corrected chi connectivity index (χ1v) is 5.32. The van der Waals surface area contributed by atoms with Crippen molar-refractivity contribution in [2.45, 2.75) is 18.2 Å². The number of carbonyl (C=O) groups excluding carboxylic acids is 1. The highest BCUT2D eigenvalue weighted by atomic mass is 79.9. The maximum atomic E-state index is 11.0. The topological polar surface area (TPSA) is 26.3 Å². The molecule has 1 atom stereocenters. The van der Waals surface area contributed by atoms with Crippen LogP contribution in [0.5, 0.6) is 0 Å². The van der Waals surface area contributed by atoms with Crippen molar-refractivity contribution in [3.63, 3.8) is 0 Å². The van der Waals surface area contributed by atoms with Crippen LogP contribution in [0, 0.1) is 6.92 Å². The van der Waals surface area contributed by atoms with Gasteiger partial charge in [-0.3, -0.25) is 4.79 Å². The summed E-state index contributed by atoms with van der Waals surface area (Å²) in [6.45, 7) is 2.04. The van der Waals surface area contributed by atoms with Gasteiger partial charge in [0.1, 0.15) is 0 Å². The van der Waals surface area contributed by atoms with Crippen LogP contribution in [0.1, 0.15) is 22.4 Å². The van der Waals surface area contributed by atoms with E-state index in [1.807, 2.05) is 31.2 Å². The molecule has 1 aromatic rings. The molecule has 0 aliphatic carbocycles. The standard InChI is InChI=1S/C11H13BrO2/c1-8-3-5-9(6-4-8)10(12)7-11(13)14-2/h3-6,10H,7H2,1-2H3. The third-order valence-electron chi connectivity index (χ3n) is 2.01. The highest BCUT2D eigenvalue weighted by Crippen LogP contribution is 2.26. The van der Waals surface area contributed by atoms with Crippen molar-refractivity contribution in [1.29, 1.82) is 0 Å². The van der Waals surface area contributed by atoms with E-state index in [1.165, 1.54) is 12.7 Å². The van der Waals surface area contributed by atoms with Crippen molar-refractivity contribution >= 4 is 21.9 Å². The molecular formula is C11H13BrO2. The minimum atomic E-state index is -0.201. The third-order valence-corrected chi connectivity index (χ3v) is 2.86. The van der Waals surface area contributed by atoms with E-state index in [1.54, 1.807) is 0 Å².